The Hall–Kier alpha value is -4.51. The molecule has 0 bridgehead atoms. The van der Waals surface area contributed by atoms with E-state index in [-0.39, 0.29) is 0 Å². The van der Waals surface area contributed by atoms with Gasteiger partial charge in [-0.3, -0.25) is 0 Å². The lowest BCUT2D eigenvalue weighted by molar-refractivity contribution is 0.355. The SMILES string of the molecule is COc1ccc(-c2cc(-c3c[nH]c4ccccc34)nc(-c3c[nH]c4ccccc34)c2)cc1OC. The predicted molar refractivity (Wildman–Crippen MR) is 137 cm³/mol. The Morgan fingerprint density at radius 3 is 1.71 bits per heavy atom. The normalized spacial score (nSPS) is 11.2. The molecule has 0 aliphatic heterocycles. The molecule has 3 aromatic carbocycles. The minimum atomic E-state index is 0.694. The molecule has 0 saturated heterocycles. The Morgan fingerprint density at radius 2 is 1.15 bits per heavy atom. The van der Waals surface area contributed by atoms with E-state index in [0.717, 1.165) is 55.4 Å². The number of rotatable bonds is 5. The van der Waals surface area contributed by atoms with Crippen LogP contribution in [0.1, 0.15) is 0 Å². The standard InChI is InChI=1S/C29H23N3O2/c1-33-28-12-11-18(15-29(28)34-2)19-13-26(22-16-30-24-9-5-3-7-20(22)24)32-27(14-19)23-17-31-25-10-6-4-8-21(23)25/h3-17,30-31H,1-2H3. The van der Waals surface area contributed by atoms with Crippen molar-refractivity contribution < 1.29 is 9.47 Å². The van der Waals surface area contributed by atoms with Gasteiger partial charge in [-0.2, -0.15) is 0 Å². The lowest BCUT2D eigenvalue weighted by Gasteiger charge is -2.12. The first-order valence-electron chi connectivity index (χ1n) is 11.1. The van der Waals surface area contributed by atoms with Crippen LogP contribution in [0.25, 0.3) is 55.4 Å². The van der Waals surface area contributed by atoms with Gasteiger partial charge in [0.1, 0.15) is 0 Å². The number of pyridine rings is 1. The number of benzene rings is 3. The number of ether oxygens (including phenoxy) is 2. The first-order chi connectivity index (χ1) is 16.7. The minimum absolute atomic E-state index is 0.694. The highest BCUT2D eigenvalue weighted by atomic mass is 16.5. The molecule has 6 aromatic rings. The highest BCUT2D eigenvalue weighted by Gasteiger charge is 2.15. The molecule has 2 N–H and O–H groups in total. The maximum Gasteiger partial charge on any atom is 0.161 e. The fourth-order valence-electron chi connectivity index (χ4n) is 4.56. The molecule has 0 fully saturated rings. The first kappa shape index (κ1) is 20.1. The van der Waals surface area contributed by atoms with E-state index in [2.05, 4.69) is 64.6 Å². The summed E-state index contributed by atoms with van der Waals surface area (Å²) in [6.45, 7) is 0. The van der Waals surface area contributed by atoms with Gasteiger partial charge < -0.3 is 19.4 Å². The minimum Gasteiger partial charge on any atom is -0.493 e. The second-order valence-electron chi connectivity index (χ2n) is 8.19. The molecule has 0 atom stereocenters. The predicted octanol–water partition coefficient (Wildman–Crippen LogP) is 7.06. The van der Waals surface area contributed by atoms with Gasteiger partial charge in [0.15, 0.2) is 11.5 Å². The van der Waals surface area contributed by atoms with Crippen LogP contribution in [0.15, 0.2) is 91.3 Å². The lowest BCUT2D eigenvalue weighted by Crippen LogP contribution is -1.93. The van der Waals surface area contributed by atoms with Gasteiger partial charge >= 0.3 is 0 Å². The molecule has 5 nitrogen and oxygen atoms in total. The number of hydrogen-bond donors (Lipinski definition) is 2. The molecule has 34 heavy (non-hydrogen) atoms. The summed E-state index contributed by atoms with van der Waals surface area (Å²) >= 11 is 0. The summed E-state index contributed by atoms with van der Waals surface area (Å²) in [5.74, 6) is 1.40. The zero-order valence-electron chi connectivity index (χ0n) is 18.9. The van der Waals surface area contributed by atoms with Crippen LogP contribution in [0.3, 0.4) is 0 Å². The van der Waals surface area contributed by atoms with Crippen LogP contribution in [0.2, 0.25) is 0 Å². The fraction of sp³-hybridized carbons (Fsp3) is 0.0690. The smallest absolute Gasteiger partial charge is 0.161 e. The van der Waals surface area contributed by atoms with Crippen LogP contribution in [0.4, 0.5) is 0 Å². The third-order valence-electron chi connectivity index (χ3n) is 6.27. The summed E-state index contributed by atoms with van der Waals surface area (Å²) in [5.41, 5.74) is 8.21. The van der Waals surface area contributed by atoms with Crippen LogP contribution >= 0.6 is 0 Å². The first-order valence-corrected chi connectivity index (χ1v) is 11.1. The van der Waals surface area contributed by atoms with Crippen LogP contribution in [-0.2, 0) is 0 Å². The van der Waals surface area contributed by atoms with E-state index in [1.54, 1.807) is 14.2 Å². The van der Waals surface area contributed by atoms with E-state index in [9.17, 15) is 0 Å². The molecule has 166 valence electrons. The molecule has 0 aliphatic rings. The van der Waals surface area contributed by atoms with Crippen molar-refractivity contribution in [1.29, 1.82) is 0 Å². The fourth-order valence-corrected chi connectivity index (χ4v) is 4.56. The average molecular weight is 446 g/mol. The molecule has 6 rings (SSSR count). The zero-order chi connectivity index (χ0) is 23.1. The van der Waals surface area contributed by atoms with Gasteiger partial charge in [-0.1, -0.05) is 42.5 Å². The number of aromatic nitrogens is 3. The Bertz CT molecular complexity index is 1550. The van der Waals surface area contributed by atoms with E-state index in [4.69, 9.17) is 14.5 Å². The Labute approximate surface area is 197 Å². The van der Waals surface area contributed by atoms with Crippen molar-refractivity contribution in [1.82, 2.24) is 15.0 Å². The summed E-state index contributed by atoms with van der Waals surface area (Å²) in [4.78, 5) is 11.9. The molecule has 3 aromatic heterocycles. The molecule has 0 amide bonds. The van der Waals surface area contributed by atoms with E-state index >= 15 is 0 Å². The quantitative estimate of drug-likeness (QED) is 0.298. The van der Waals surface area contributed by atoms with Crippen LogP contribution in [0.5, 0.6) is 11.5 Å². The summed E-state index contributed by atoms with van der Waals surface area (Å²) in [6.07, 6.45) is 4.06. The van der Waals surface area contributed by atoms with Crippen molar-refractivity contribution in [3.05, 3.63) is 91.3 Å². The monoisotopic (exact) mass is 445 g/mol. The maximum atomic E-state index is 5.57. The number of methoxy groups -OCH3 is 2. The van der Waals surface area contributed by atoms with Gasteiger partial charge in [-0.05, 0) is 47.5 Å². The Morgan fingerprint density at radius 1 is 0.588 bits per heavy atom. The zero-order valence-corrected chi connectivity index (χ0v) is 18.9. The number of hydrogen-bond acceptors (Lipinski definition) is 3. The van der Waals surface area contributed by atoms with Crippen LogP contribution in [-0.4, -0.2) is 29.2 Å². The van der Waals surface area contributed by atoms with Crippen LogP contribution < -0.4 is 9.47 Å². The summed E-state index contributed by atoms with van der Waals surface area (Å²) in [6, 6.07) is 26.8. The van der Waals surface area contributed by atoms with Crippen molar-refractivity contribution in [2.45, 2.75) is 0 Å². The largest absolute Gasteiger partial charge is 0.493 e. The highest BCUT2D eigenvalue weighted by Crippen LogP contribution is 2.38. The molecule has 3 heterocycles. The van der Waals surface area contributed by atoms with Crippen molar-refractivity contribution >= 4 is 21.8 Å². The molecule has 0 unspecified atom stereocenters. The maximum absolute atomic E-state index is 5.57. The molecular weight excluding hydrogens is 422 g/mol. The molecule has 0 radical (unpaired) electrons. The van der Waals surface area contributed by atoms with Gasteiger partial charge in [0.25, 0.3) is 0 Å². The van der Waals surface area contributed by atoms with Gasteiger partial charge in [-0.25, -0.2) is 4.98 Å². The average Bonchev–Trinajstić information content (AvgIpc) is 3.52. The van der Waals surface area contributed by atoms with Gasteiger partial charge in [0.2, 0.25) is 0 Å². The third kappa shape index (κ3) is 3.30. The second-order valence-corrected chi connectivity index (χ2v) is 8.19. The van der Waals surface area contributed by atoms with Crippen molar-refractivity contribution in [3.8, 4) is 45.1 Å². The van der Waals surface area contributed by atoms with Gasteiger partial charge in [-0.15, -0.1) is 0 Å². The summed E-state index contributed by atoms with van der Waals surface area (Å²) in [7, 11) is 3.30. The van der Waals surface area contributed by atoms with Gasteiger partial charge in [0.05, 0.1) is 25.6 Å². The molecular formula is C29H23N3O2. The van der Waals surface area contributed by atoms with E-state index in [0.29, 0.717) is 11.5 Å². The van der Waals surface area contributed by atoms with E-state index < -0.39 is 0 Å². The molecule has 0 spiro atoms. The van der Waals surface area contributed by atoms with E-state index in [1.807, 2.05) is 36.7 Å². The van der Waals surface area contributed by atoms with Crippen molar-refractivity contribution in [2.75, 3.05) is 14.2 Å². The number of nitrogens with zero attached hydrogens (tertiary/aromatic N) is 1. The Kier molecular flexibility index (Phi) is 4.81. The number of H-pyrrole nitrogens is 2. The third-order valence-corrected chi connectivity index (χ3v) is 6.27. The molecule has 5 heteroatoms. The Balaban J connectivity index is 1.60. The summed E-state index contributed by atoms with van der Waals surface area (Å²) in [5, 5.41) is 2.29. The lowest BCUT2D eigenvalue weighted by atomic mass is 9.99. The molecule has 0 saturated carbocycles. The number of aromatic amines is 2. The van der Waals surface area contributed by atoms with Crippen molar-refractivity contribution in [2.24, 2.45) is 0 Å². The second kappa shape index (κ2) is 8.12. The van der Waals surface area contributed by atoms with Crippen molar-refractivity contribution in [3.63, 3.8) is 0 Å². The topological polar surface area (TPSA) is 62.9 Å². The number of nitrogens with one attached hydrogen (secondary N) is 2. The summed E-state index contributed by atoms with van der Waals surface area (Å²) < 4.78 is 11.0. The number of fused-ring (bicyclic) bond motifs is 2. The van der Waals surface area contributed by atoms with Gasteiger partial charge in [0, 0.05) is 45.3 Å². The highest BCUT2D eigenvalue weighted by molar-refractivity contribution is 5.98. The molecule has 0 aliphatic carbocycles. The van der Waals surface area contributed by atoms with Crippen LogP contribution in [0, 0.1) is 0 Å². The number of para-hydroxylation sites is 2. The van der Waals surface area contributed by atoms with E-state index in [1.165, 1.54) is 0 Å².